The van der Waals surface area contributed by atoms with Crippen molar-refractivity contribution in [3.8, 4) is 17.2 Å². The van der Waals surface area contributed by atoms with Crippen molar-refractivity contribution in [2.45, 2.75) is 26.5 Å². The number of aryl methyl sites for hydroxylation is 1. The Balaban J connectivity index is 1.52. The minimum Gasteiger partial charge on any atom is -0.507 e. The third-order valence-corrected chi connectivity index (χ3v) is 7.26. The Hall–Kier alpha value is -4.63. The largest absolute Gasteiger partial charge is 0.507 e. The van der Waals surface area contributed by atoms with E-state index in [1.54, 1.807) is 54.0 Å². The number of hydrogen-bond acceptors (Lipinski definition) is 8. The molecule has 0 radical (unpaired) electrons. The highest BCUT2D eigenvalue weighted by molar-refractivity contribution is 7.14. The van der Waals surface area contributed by atoms with Gasteiger partial charge in [0.05, 0.1) is 25.3 Å². The number of carbonyl (C=O) groups excluding carboxylic acids is 2. The number of benzene rings is 3. The summed E-state index contributed by atoms with van der Waals surface area (Å²) in [6.07, 6.45) is 1.56. The van der Waals surface area contributed by atoms with Gasteiger partial charge in [-0.2, -0.15) is 0 Å². The van der Waals surface area contributed by atoms with E-state index >= 15 is 0 Å². The van der Waals surface area contributed by atoms with Gasteiger partial charge in [-0.1, -0.05) is 35.9 Å². The Kier molecular flexibility index (Phi) is 7.84. The highest BCUT2D eigenvalue weighted by Gasteiger charge is 2.48. The van der Waals surface area contributed by atoms with Gasteiger partial charge in [0.2, 0.25) is 0 Å². The van der Waals surface area contributed by atoms with Crippen molar-refractivity contribution < 1.29 is 28.9 Å². The van der Waals surface area contributed by atoms with Crippen LogP contribution in [0.2, 0.25) is 0 Å². The van der Waals surface area contributed by atoms with Crippen molar-refractivity contribution in [1.29, 1.82) is 0 Å². The quantitative estimate of drug-likeness (QED) is 0.152. The molecular formula is C31H28N2O6S. The second-order valence-corrected chi connectivity index (χ2v) is 10.0. The number of rotatable bonds is 9. The molecule has 0 bridgehead atoms. The van der Waals surface area contributed by atoms with Gasteiger partial charge in [0.15, 0.2) is 16.6 Å². The van der Waals surface area contributed by atoms with Gasteiger partial charge in [-0.3, -0.25) is 14.5 Å². The highest BCUT2D eigenvalue weighted by Crippen LogP contribution is 2.44. The Morgan fingerprint density at radius 1 is 1.02 bits per heavy atom. The van der Waals surface area contributed by atoms with Crippen LogP contribution in [-0.4, -0.2) is 35.5 Å². The van der Waals surface area contributed by atoms with Crippen molar-refractivity contribution >= 4 is 33.9 Å². The first-order chi connectivity index (χ1) is 19.4. The Bertz CT molecular complexity index is 1560. The molecule has 1 aliphatic heterocycles. The van der Waals surface area contributed by atoms with E-state index in [-0.39, 0.29) is 11.3 Å². The van der Waals surface area contributed by atoms with Crippen LogP contribution >= 0.6 is 11.3 Å². The monoisotopic (exact) mass is 556 g/mol. The molecule has 0 saturated carbocycles. The molecule has 1 amide bonds. The summed E-state index contributed by atoms with van der Waals surface area (Å²) in [7, 11) is 1.52. The van der Waals surface area contributed by atoms with Crippen LogP contribution in [0.4, 0.5) is 5.13 Å². The first-order valence-corrected chi connectivity index (χ1v) is 13.6. The number of hydrogen-bond donors (Lipinski definition) is 1. The summed E-state index contributed by atoms with van der Waals surface area (Å²) in [5.74, 6) is -0.284. The van der Waals surface area contributed by atoms with Gasteiger partial charge in [0.25, 0.3) is 5.78 Å². The number of Topliss-reactive ketones (excluding diaryl/α,β-unsaturated/α-hetero) is 1. The van der Waals surface area contributed by atoms with E-state index < -0.39 is 17.7 Å². The molecule has 0 aliphatic carbocycles. The third kappa shape index (κ3) is 5.28. The van der Waals surface area contributed by atoms with Crippen molar-refractivity contribution in [1.82, 2.24) is 4.98 Å². The first kappa shape index (κ1) is 27.0. The predicted octanol–water partition coefficient (Wildman–Crippen LogP) is 6.06. The number of aliphatic hydroxyl groups excluding tert-OH is 1. The molecule has 4 aromatic rings. The van der Waals surface area contributed by atoms with E-state index in [0.717, 1.165) is 11.1 Å². The van der Waals surface area contributed by atoms with Gasteiger partial charge >= 0.3 is 5.91 Å². The summed E-state index contributed by atoms with van der Waals surface area (Å²) in [5.41, 5.74) is 3.09. The molecule has 1 N–H and O–H groups in total. The Morgan fingerprint density at radius 3 is 2.50 bits per heavy atom. The molecule has 9 heteroatoms. The maximum Gasteiger partial charge on any atom is 0.301 e. The average Bonchev–Trinajstić information content (AvgIpc) is 3.59. The van der Waals surface area contributed by atoms with Crippen molar-refractivity contribution in [3.63, 3.8) is 0 Å². The summed E-state index contributed by atoms with van der Waals surface area (Å²) < 4.78 is 17.1. The molecule has 1 saturated heterocycles. The van der Waals surface area contributed by atoms with Crippen LogP contribution in [0, 0.1) is 6.92 Å². The van der Waals surface area contributed by atoms with E-state index in [2.05, 4.69) is 11.1 Å². The molecule has 5 rings (SSSR count). The molecule has 0 spiro atoms. The van der Waals surface area contributed by atoms with Crippen LogP contribution in [0.5, 0.6) is 17.2 Å². The van der Waals surface area contributed by atoms with Crippen LogP contribution in [0.1, 0.15) is 35.2 Å². The van der Waals surface area contributed by atoms with Crippen LogP contribution in [0.15, 0.2) is 83.9 Å². The number of aromatic nitrogens is 1. The zero-order chi connectivity index (χ0) is 28.2. The second kappa shape index (κ2) is 11.6. The second-order valence-electron chi connectivity index (χ2n) is 9.13. The van der Waals surface area contributed by atoms with E-state index in [1.165, 1.54) is 23.3 Å². The fourth-order valence-corrected chi connectivity index (χ4v) is 5.31. The Morgan fingerprint density at radius 2 is 1.82 bits per heavy atom. The maximum atomic E-state index is 13.4. The van der Waals surface area contributed by atoms with Gasteiger partial charge in [0, 0.05) is 17.1 Å². The summed E-state index contributed by atoms with van der Waals surface area (Å²) in [6, 6.07) is 19.1. The predicted molar refractivity (Wildman–Crippen MR) is 153 cm³/mol. The van der Waals surface area contributed by atoms with Crippen molar-refractivity contribution in [2.24, 2.45) is 0 Å². The fourth-order valence-electron chi connectivity index (χ4n) is 4.64. The van der Waals surface area contributed by atoms with Crippen molar-refractivity contribution in [3.05, 3.63) is 106 Å². The lowest BCUT2D eigenvalue weighted by Crippen LogP contribution is -2.29. The molecule has 1 fully saturated rings. The zero-order valence-electron chi connectivity index (χ0n) is 22.3. The van der Waals surface area contributed by atoms with Gasteiger partial charge < -0.3 is 19.3 Å². The number of nitrogens with zero attached hydrogens (tertiary/aromatic N) is 2. The number of aliphatic hydroxyl groups is 1. The summed E-state index contributed by atoms with van der Waals surface area (Å²) in [5, 5.41) is 13.5. The maximum absolute atomic E-state index is 13.4. The topological polar surface area (TPSA) is 98.2 Å². The smallest absolute Gasteiger partial charge is 0.301 e. The molecule has 204 valence electrons. The van der Waals surface area contributed by atoms with E-state index in [1.807, 2.05) is 32.0 Å². The lowest BCUT2D eigenvalue weighted by molar-refractivity contribution is -0.132. The molecule has 8 nitrogen and oxygen atoms in total. The SMILES string of the molecule is CCOc1ccc(C2/C(=C(\O)c3ccc(OCc4cccc(C)c4)cc3)C(=O)C(=O)N2c2nccs2)cc1OC. The van der Waals surface area contributed by atoms with Gasteiger partial charge in [0.1, 0.15) is 18.1 Å². The van der Waals surface area contributed by atoms with Crippen molar-refractivity contribution in [2.75, 3.05) is 18.6 Å². The average molecular weight is 557 g/mol. The highest BCUT2D eigenvalue weighted by atomic mass is 32.1. The lowest BCUT2D eigenvalue weighted by atomic mass is 9.95. The number of ether oxygens (including phenoxy) is 3. The minimum atomic E-state index is -0.923. The number of thiazole rings is 1. The van der Waals surface area contributed by atoms with E-state index in [4.69, 9.17) is 14.2 Å². The lowest BCUT2D eigenvalue weighted by Gasteiger charge is -2.24. The van der Waals surface area contributed by atoms with Crippen LogP contribution < -0.4 is 19.1 Å². The molecule has 1 atom stereocenters. The fraction of sp³-hybridized carbons (Fsp3) is 0.194. The molecular weight excluding hydrogens is 528 g/mol. The normalized spacial score (nSPS) is 16.3. The van der Waals surface area contributed by atoms with Crippen LogP contribution in [-0.2, 0) is 16.2 Å². The van der Waals surface area contributed by atoms with Gasteiger partial charge in [-0.05, 0) is 61.4 Å². The number of amides is 1. The number of anilines is 1. The number of carbonyl (C=O) groups is 2. The van der Waals surface area contributed by atoms with Crippen LogP contribution in [0.25, 0.3) is 5.76 Å². The van der Waals surface area contributed by atoms with E-state index in [0.29, 0.717) is 46.7 Å². The molecule has 1 aromatic heterocycles. The molecule has 2 heterocycles. The summed E-state index contributed by atoms with van der Waals surface area (Å²) >= 11 is 1.23. The minimum absolute atomic E-state index is 0.0418. The zero-order valence-corrected chi connectivity index (χ0v) is 23.1. The molecule has 40 heavy (non-hydrogen) atoms. The number of ketones is 1. The standard InChI is InChI=1S/C31H28N2O6S/c1-4-38-24-13-10-22(17-25(24)37-3)27-26(29(35)30(36)33(27)31-32-14-15-40-31)28(34)21-8-11-23(12-9-21)39-18-20-7-5-6-19(2)16-20/h5-17,27,34H,4,18H2,1-3H3/b28-26+. The Labute approximate surface area is 236 Å². The van der Waals surface area contributed by atoms with E-state index in [9.17, 15) is 14.7 Å². The van der Waals surface area contributed by atoms with Gasteiger partial charge in [-0.15, -0.1) is 11.3 Å². The third-order valence-electron chi connectivity index (χ3n) is 6.49. The molecule has 1 aliphatic rings. The first-order valence-electron chi connectivity index (χ1n) is 12.7. The van der Waals surface area contributed by atoms with Crippen LogP contribution in [0.3, 0.4) is 0 Å². The number of methoxy groups -OCH3 is 1. The summed E-state index contributed by atoms with van der Waals surface area (Å²) in [4.78, 5) is 32.2. The summed E-state index contributed by atoms with van der Waals surface area (Å²) in [6.45, 7) is 4.73. The molecule has 3 aromatic carbocycles. The molecule has 1 unspecified atom stereocenters. The van der Waals surface area contributed by atoms with Gasteiger partial charge in [-0.25, -0.2) is 4.98 Å².